The van der Waals surface area contributed by atoms with Crippen molar-refractivity contribution < 1.29 is 23.1 Å². The van der Waals surface area contributed by atoms with E-state index in [9.17, 15) is 5.11 Å². The minimum Gasteiger partial charge on any atom is -0.412 e. The van der Waals surface area contributed by atoms with E-state index in [1.165, 1.54) is 0 Å². The van der Waals surface area contributed by atoms with Crippen LogP contribution in [0.3, 0.4) is 0 Å². The smallest absolute Gasteiger partial charge is 0.184 e. The molecule has 0 aromatic rings. The summed E-state index contributed by atoms with van der Waals surface area (Å²) < 4.78 is 24.6. The van der Waals surface area contributed by atoms with Crippen molar-refractivity contribution in [2.75, 3.05) is 0 Å². The van der Waals surface area contributed by atoms with Crippen LogP contribution < -0.4 is 0 Å². The van der Waals surface area contributed by atoms with Gasteiger partial charge in [-0.05, 0) is 65.8 Å². The van der Waals surface area contributed by atoms with Crippen molar-refractivity contribution in [3.8, 4) is 0 Å². The van der Waals surface area contributed by atoms with Crippen LogP contribution in [-0.2, 0) is 18.0 Å². The second-order valence-electron chi connectivity index (χ2n) is 9.32. The van der Waals surface area contributed by atoms with E-state index in [0.717, 1.165) is 0 Å². The largest absolute Gasteiger partial charge is 0.412 e. The van der Waals surface area contributed by atoms with Crippen LogP contribution in [0.15, 0.2) is 0 Å². The van der Waals surface area contributed by atoms with Gasteiger partial charge in [-0.1, -0.05) is 0 Å². The molecular formula is C15H36O5Si3. The fourth-order valence-corrected chi connectivity index (χ4v) is 6.14. The quantitative estimate of drug-likeness (QED) is 0.686. The normalized spacial score (nSPS) is 31.4. The minimum absolute atomic E-state index is 0.132. The van der Waals surface area contributed by atoms with E-state index >= 15 is 0 Å². The van der Waals surface area contributed by atoms with Crippen LogP contribution in [0, 0.1) is 0 Å². The zero-order chi connectivity index (χ0) is 18.2. The van der Waals surface area contributed by atoms with Gasteiger partial charge >= 0.3 is 0 Å². The number of ether oxygens (including phenoxy) is 1. The first kappa shape index (κ1) is 21.5. The van der Waals surface area contributed by atoms with E-state index in [1.54, 1.807) is 0 Å². The molecule has 5 nitrogen and oxygen atoms in total. The highest BCUT2D eigenvalue weighted by Gasteiger charge is 2.51. The summed E-state index contributed by atoms with van der Waals surface area (Å²) in [4.78, 5) is 0. The fourth-order valence-electron chi connectivity index (χ4n) is 2.74. The van der Waals surface area contributed by atoms with Crippen LogP contribution in [0.4, 0.5) is 0 Å². The van der Waals surface area contributed by atoms with Crippen LogP contribution in [0.2, 0.25) is 58.9 Å². The molecule has 23 heavy (non-hydrogen) atoms. The van der Waals surface area contributed by atoms with Gasteiger partial charge in [0.2, 0.25) is 0 Å². The Labute approximate surface area is 145 Å². The van der Waals surface area contributed by atoms with Gasteiger partial charge in [-0.25, -0.2) is 0 Å². The topological polar surface area (TPSA) is 57.2 Å². The summed E-state index contributed by atoms with van der Waals surface area (Å²) in [6, 6.07) is 0. The zero-order valence-electron chi connectivity index (χ0n) is 16.5. The number of hydrogen-bond acceptors (Lipinski definition) is 5. The summed E-state index contributed by atoms with van der Waals surface area (Å²) in [5.74, 6) is 0. The molecule has 0 spiro atoms. The van der Waals surface area contributed by atoms with Crippen LogP contribution in [0.1, 0.15) is 6.92 Å². The summed E-state index contributed by atoms with van der Waals surface area (Å²) in [5.41, 5.74) is 0. The molecule has 0 radical (unpaired) electrons. The maximum atomic E-state index is 10.4. The predicted molar refractivity (Wildman–Crippen MR) is 101 cm³/mol. The van der Waals surface area contributed by atoms with E-state index in [1.807, 2.05) is 6.92 Å². The first-order valence-corrected chi connectivity index (χ1v) is 18.7. The lowest BCUT2D eigenvalue weighted by Crippen LogP contribution is -2.51. The maximum Gasteiger partial charge on any atom is 0.184 e. The molecule has 0 aromatic heterocycles. The van der Waals surface area contributed by atoms with Crippen LogP contribution in [0.25, 0.3) is 0 Å². The summed E-state index contributed by atoms with van der Waals surface area (Å²) in [5, 5.41) is 10.4. The molecule has 1 N–H and O–H groups in total. The van der Waals surface area contributed by atoms with Gasteiger partial charge in [0.1, 0.15) is 18.3 Å². The lowest BCUT2D eigenvalue weighted by Gasteiger charge is -2.36. The van der Waals surface area contributed by atoms with Gasteiger partial charge in [0.05, 0.1) is 6.10 Å². The molecule has 0 aliphatic carbocycles. The van der Waals surface area contributed by atoms with E-state index < -0.39 is 37.3 Å². The van der Waals surface area contributed by atoms with Crippen LogP contribution in [-0.4, -0.2) is 60.8 Å². The van der Waals surface area contributed by atoms with Gasteiger partial charge < -0.3 is 23.1 Å². The Bertz CT molecular complexity index is 386. The van der Waals surface area contributed by atoms with Gasteiger partial charge in [0.15, 0.2) is 31.2 Å². The van der Waals surface area contributed by atoms with Crippen molar-refractivity contribution in [2.24, 2.45) is 0 Å². The Morgan fingerprint density at radius 2 is 1.22 bits per heavy atom. The molecule has 8 heteroatoms. The highest BCUT2D eigenvalue weighted by molar-refractivity contribution is 6.70. The molecule has 0 amide bonds. The molecule has 1 aliphatic heterocycles. The molecule has 1 rings (SSSR count). The van der Waals surface area contributed by atoms with Gasteiger partial charge in [-0.15, -0.1) is 0 Å². The monoisotopic (exact) mass is 380 g/mol. The molecule has 0 unspecified atom stereocenters. The zero-order valence-corrected chi connectivity index (χ0v) is 19.5. The molecule has 0 saturated carbocycles. The second-order valence-corrected chi connectivity index (χ2v) is 22.7. The molecular weight excluding hydrogens is 344 g/mol. The Morgan fingerprint density at radius 3 is 1.61 bits per heavy atom. The predicted octanol–water partition coefficient (Wildman–Crippen LogP) is 3.38. The maximum absolute atomic E-state index is 10.4. The number of hydrogen-bond donors (Lipinski definition) is 1. The van der Waals surface area contributed by atoms with Crippen molar-refractivity contribution in [3.05, 3.63) is 0 Å². The number of aliphatic hydroxyl groups is 1. The van der Waals surface area contributed by atoms with E-state index in [4.69, 9.17) is 18.0 Å². The summed E-state index contributed by atoms with van der Waals surface area (Å²) in [7, 11) is -5.35. The SMILES string of the molecule is C[C@H](O[Si](C)(C)C)[C@@H]1O[C@H](O)[C@H](O[Si](C)(C)C)[C@@H]1O[Si](C)(C)C. The summed E-state index contributed by atoms with van der Waals surface area (Å²) in [6.45, 7) is 21.2. The van der Waals surface area contributed by atoms with Crippen molar-refractivity contribution >= 4 is 25.0 Å². The number of aliphatic hydroxyl groups excluding tert-OH is 1. The molecule has 138 valence electrons. The Kier molecular flexibility index (Phi) is 6.88. The lowest BCUT2D eigenvalue weighted by molar-refractivity contribution is -0.138. The summed E-state index contributed by atoms with van der Waals surface area (Å²) >= 11 is 0. The fraction of sp³-hybridized carbons (Fsp3) is 1.00. The molecule has 5 atom stereocenters. The highest BCUT2D eigenvalue weighted by Crippen LogP contribution is 2.33. The van der Waals surface area contributed by atoms with Crippen molar-refractivity contribution in [2.45, 2.75) is 96.6 Å². The van der Waals surface area contributed by atoms with Crippen molar-refractivity contribution in [1.29, 1.82) is 0 Å². The lowest BCUT2D eigenvalue weighted by atomic mass is 10.1. The average molecular weight is 381 g/mol. The Balaban J connectivity index is 3.00. The number of rotatable bonds is 7. The molecule has 1 aliphatic rings. The third-order valence-electron chi connectivity index (χ3n) is 3.21. The van der Waals surface area contributed by atoms with Gasteiger partial charge in [0.25, 0.3) is 0 Å². The first-order valence-electron chi connectivity index (χ1n) is 8.46. The van der Waals surface area contributed by atoms with E-state index in [0.29, 0.717) is 0 Å². The first-order chi connectivity index (χ1) is 10.1. The molecule has 1 heterocycles. The van der Waals surface area contributed by atoms with Gasteiger partial charge in [0, 0.05) is 0 Å². The molecule has 0 bridgehead atoms. The third-order valence-corrected chi connectivity index (χ3v) is 6.24. The van der Waals surface area contributed by atoms with E-state index in [2.05, 4.69) is 58.9 Å². The third kappa shape index (κ3) is 7.47. The molecule has 0 aromatic carbocycles. The highest BCUT2D eigenvalue weighted by atomic mass is 28.4. The standard InChI is InChI=1S/C15H36O5Si3/c1-11(18-21(2,3)4)12-13(19-22(5,6)7)14(15(16)17-12)20-23(8,9)10/h11-16H,1-10H3/t11-,12-,13+,14+,15-/m0/s1. The van der Waals surface area contributed by atoms with Crippen LogP contribution >= 0.6 is 0 Å². The molecule has 1 saturated heterocycles. The van der Waals surface area contributed by atoms with Crippen molar-refractivity contribution in [3.63, 3.8) is 0 Å². The van der Waals surface area contributed by atoms with E-state index in [-0.39, 0.29) is 18.3 Å². The Hall–Kier alpha value is 0.451. The van der Waals surface area contributed by atoms with Gasteiger partial charge in [-0.2, -0.15) is 0 Å². The summed E-state index contributed by atoms with van der Waals surface area (Å²) in [6.07, 6.45) is -2.11. The van der Waals surface area contributed by atoms with Gasteiger partial charge in [-0.3, -0.25) is 0 Å². The van der Waals surface area contributed by atoms with Crippen LogP contribution in [0.5, 0.6) is 0 Å². The Morgan fingerprint density at radius 1 is 0.783 bits per heavy atom. The average Bonchev–Trinajstić information content (AvgIpc) is 2.51. The minimum atomic E-state index is -1.83. The molecule has 1 fully saturated rings. The second kappa shape index (κ2) is 7.37. The van der Waals surface area contributed by atoms with Crippen molar-refractivity contribution in [1.82, 2.24) is 0 Å².